The molecule has 3 atom stereocenters. The molecular formula is C15H23N5O. The van der Waals surface area contributed by atoms with Crippen LogP contribution in [0, 0.1) is 11.8 Å². The van der Waals surface area contributed by atoms with Crippen LogP contribution in [0.3, 0.4) is 0 Å². The number of amides is 1. The average Bonchev–Trinajstić information content (AvgIpc) is 3.24. The first-order valence-corrected chi connectivity index (χ1v) is 8.23. The standard InChI is InChI=1S/C15H23N5O/c21-15(17-13-8-10-1-2-11(13)7-10)14-9-20(19-18-14)12-3-5-16-6-4-12/h9-13,16H,1-8H2,(H,17,21). The summed E-state index contributed by atoms with van der Waals surface area (Å²) in [4.78, 5) is 12.3. The Kier molecular flexibility index (Phi) is 3.41. The molecule has 1 amide bonds. The van der Waals surface area contributed by atoms with Crippen molar-refractivity contribution >= 4 is 5.91 Å². The van der Waals surface area contributed by atoms with Gasteiger partial charge in [0.2, 0.25) is 0 Å². The molecule has 1 aliphatic heterocycles. The van der Waals surface area contributed by atoms with Crippen LogP contribution in [0.15, 0.2) is 6.20 Å². The molecule has 2 aliphatic carbocycles. The van der Waals surface area contributed by atoms with Crippen LogP contribution in [0.4, 0.5) is 0 Å². The summed E-state index contributed by atoms with van der Waals surface area (Å²) in [5, 5.41) is 14.8. The van der Waals surface area contributed by atoms with Gasteiger partial charge in [-0.2, -0.15) is 0 Å². The lowest BCUT2D eigenvalue weighted by Gasteiger charge is -2.22. The van der Waals surface area contributed by atoms with Gasteiger partial charge in [-0.3, -0.25) is 4.79 Å². The van der Waals surface area contributed by atoms with Gasteiger partial charge in [-0.1, -0.05) is 11.6 Å². The predicted octanol–water partition coefficient (Wildman–Crippen LogP) is 1.12. The Hall–Kier alpha value is -1.43. The number of carbonyl (C=O) groups excluding carboxylic acids is 1. The van der Waals surface area contributed by atoms with E-state index in [1.165, 1.54) is 19.3 Å². The first-order valence-electron chi connectivity index (χ1n) is 8.23. The molecule has 3 fully saturated rings. The minimum absolute atomic E-state index is 0.0484. The van der Waals surface area contributed by atoms with Crippen LogP contribution in [0.2, 0.25) is 0 Å². The number of nitrogens with one attached hydrogen (secondary N) is 2. The number of hydrogen-bond acceptors (Lipinski definition) is 4. The van der Waals surface area contributed by atoms with E-state index in [-0.39, 0.29) is 5.91 Å². The molecule has 6 heteroatoms. The topological polar surface area (TPSA) is 71.8 Å². The fraction of sp³-hybridized carbons (Fsp3) is 0.800. The van der Waals surface area contributed by atoms with Crippen molar-refractivity contribution in [3.63, 3.8) is 0 Å². The van der Waals surface area contributed by atoms with E-state index in [1.807, 2.05) is 10.9 Å². The average molecular weight is 289 g/mol. The number of aromatic nitrogens is 3. The fourth-order valence-corrected chi connectivity index (χ4v) is 4.29. The second-order valence-corrected chi connectivity index (χ2v) is 6.82. The van der Waals surface area contributed by atoms with Crippen LogP contribution in [-0.4, -0.2) is 40.0 Å². The highest BCUT2D eigenvalue weighted by Crippen LogP contribution is 2.44. The third-order valence-electron chi connectivity index (χ3n) is 5.48. The summed E-state index contributed by atoms with van der Waals surface area (Å²) in [5.41, 5.74) is 0.469. The molecule has 1 aromatic heterocycles. The van der Waals surface area contributed by atoms with E-state index in [9.17, 15) is 4.79 Å². The Bertz CT molecular complexity index is 522. The highest BCUT2D eigenvalue weighted by Gasteiger charge is 2.40. The molecule has 4 rings (SSSR count). The lowest BCUT2D eigenvalue weighted by atomic mass is 9.95. The number of fused-ring (bicyclic) bond motifs is 2. The smallest absolute Gasteiger partial charge is 0.273 e. The maximum atomic E-state index is 12.3. The number of piperidine rings is 1. The zero-order chi connectivity index (χ0) is 14.2. The molecule has 114 valence electrons. The molecule has 3 unspecified atom stereocenters. The van der Waals surface area contributed by atoms with Gasteiger partial charge in [0.25, 0.3) is 5.91 Å². The molecule has 2 bridgehead atoms. The minimum Gasteiger partial charge on any atom is -0.348 e. The molecule has 3 aliphatic rings. The summed E-state index contributed by atoms with van der Waals surface area (Å²) in [6.07, 6.45) is 9.00. The van der Waals surface area contributed by atoms with E-state index in [2.05, 4.69) is 20.9 Å². The normalized spacial score (nSPS) is 32.5. The van der Waals surface area contributed by atoms with Crippen molar-refractivity contribution in [2.24, 2.45) is 11.8 Å². The Balaban J connectivity index is 1.39. The monoisotopic (exact) mass is 289 g/mol. The fourth-order valence-electron chi connectivity index (χ4n) is 4.29. The van der Waals surface area contributed by atoms with Crippen LogP contribution in [-0.2, 0) is 0 Å². The van der Waals surface area contributed by atoms with E-state index in [0.29, 0.717) is 23.7 Å². The third-order valence-corrected chi connectivity index (χ3v) is 5.48. The first kappa shape index (κ1) is 13.2. The Morgan fingerprint density at radius 2 is 2.10 bits per heavy atom. The molecule has 0 aromatic carbocycles. The summed E-state index contributed by atoms with van der Waals surface area (Å²) < 4.78 is 1.87. The Morgan fingerprint density at radius 3 is 2.81 bits per heavy atom. The van der Waals surface area contributed by atoms with Crippen LogP contribution in [0.1, 0.15) is 55.1 Å². The minimum atomic E-state index is -0.0484. The van der Waals surface area contributed by atoms with Gasteiger partial charge in [-0.25, -0.2) is 4.68 Å². The summed E-state index contributed by atoms with van der Waals surface area (Å²) in [6.45, 7) is 2.02. The maximum Gasteiger partial charge on any atom is 0.273 e. The summed E-state index contributed by atoms with van der Waals surface area (Å²) in [5.74, 6) is 1.48. The van der Waals surface area contributed by atoms with Crippen molar-refractivity contribution in [1.82, 2.24) is 25.6 Å². The summed E-state index contributed by atoms with van der Waals surface area (Å²) in [6, 6.07) is 0.739. The molecule has 1 saturated heterocycles. The van der Waals surface area contributed by atoms with Gasteiger partial charge in [-0.15, -0.1) is 5.10 Å². The Morgan fingerprint density at radius 1 is 1.24 bits per heavy atom. The molecule has 0 spiro atoms. The molecule has 21 heavy (non-hydrogen) atoms. The zero-order valence-electron chi connectivity index (χ0n) is 12.3. The van der Waals surface area contributed by atoms with Crippen LogP contribution in [0.5, 0.6) is 0 Å². The van der Waals surface area contributed by atoms with Gasteiger partial charge in [0, 0.05) is 6.04 Å². The second kappa shape index (κ2) is 5.40. The molecular weight excluding hydrogens is 266 g/mol. The quantitative estimate of drug-likeness (QED) is 0.875. The van der Waals surface area contributed by atoms with Crippen molar-refractivity contribution < 1.29 is 4.79 Å². The number of hydrogen-bond donors (Lipinski definition) is 2. The predicted molar refractivity (Wildman–Crippen MR) is 77.9 cm³/mol. The van der Waals surface area contributed by atoms with E-state index in [1.54, 1.807) is 0 Å². The number of nitrogens with zero attached hydrogens (tertiary/aromatic N) is 3. The van der Waals surface area contributed by atoms with Gasteiger partial charge >= 0.3 is 0 Å². The van der Waals surface area contributed by atoms with Gasteiger partial charge in [0.05, 0.1) is 12.2 Å². The van der Waals surface area contributed by atoms with Gasteiger partial charge in [-0.05, 0) is 57.0 Å². The van der Waals surface area contributed by atoms with Crippen LogP contribution < -0.4 is 10.6 Å². The van der Waals surface area contributed by atoms with Crippen molar-refractivity contribution in [2.75, 3.05) is 13.1 Å². The van der Waals surface area contributed by atoms with Crippen molar-refractivity contribution in [3.05, 3.63) is 11.9 Å². The number of carbonyl (C=O) groups is 1. The van der Waals surface area contributed by atoms with Crippen molar-refractivity contribution in [2.45, 2.75) is 50.6 Å². The molecule has 2 heterocycles. The lowest BCUT2D eigenvalue weighted by Crippen LogP contribution is -2.38. The highest BCUT2D eigenvalue weighted by molar-refractivity contribution is 5.92. The van der Waals surface area contributed by atoms with Crippen LogP contribution in [0.25, 0.3) is 0 Å². The molecule has 2 saturated carbocycles. The summed E-state index contributed by atoms with van der Waals surface area (Å²) in [7, 11) is 0. The largest absolute Gasteiger partial charge is 0.348 e. The third kappa shape index (κ3) is 2.57. The maximum absolute atomic E-state index is 12.3. The summed E-state index contributed by atoms with van der Waals surface area (Å²) >= 11 is 0. The van der Waals surface area contributed by atoms with Crippen LogP contribution >= 0.6 is 0 Å². The SMILES string of the molecule is O=C(NC1CC2CCC1C2)c1cn(C2CCNCC2)nn1. The van der Waals surface area contributed by atoms with E-state index >= 15 is 0 Å². The first-order chi connectivity index (χ1) is 10.3. The second-order valence-electron chi connectivity index (χ2n) is 6.82. The molecule has 6 nitrogen and oxygen atoms in total. The lowest BCUT2D eigenvalue weighted by molar-refractivity contribution is 0.0917. The van der Waals surface area contributed by atoms with E-state index in [0.717, 1.165) is 38.3 Å². The van der Waals surface area contributed by atoms with Crippen molar-refractivity contribution in [3.8, 4) is 0 Å². The van der Waals surface area contributed by atoms with Gasteiger partial charge in [0.15, 0.2) is 5.69 Å². The van der Waals surface area contributed by atoms with E-state index in [4.69, 9.17) is 0 Å². The zero-order valence-corrected chi connectivity index (χ0v) is 12.3. The van der Waals surface area contributed by atoms with E-state index < -0.39 is 0 Å². The molecule has 2 N–H and O–H groups in total. The Labute approximate surface area is 124 Å². The molecule has 0 radical (unpaired) electrons. The number of rotatable bonds is 3. The van der Waals surface area contributed by atoms with Crippen molar-refractivity contribution in [1.29, 1.82) is 0 Å². The van der Waals surface area contributed by atoms with Gasteiger partial charge in [0.1, 0.15) is 0 Å². The highest BCUT2D eigenvalue weighted by atomic mass is 16.2. The molecule has 1 aromatic rings. The van der Waals surface area contributed by atoms with Gasteiger partial charge < -0.3 is 10.6 Å².